The van der Waals surface area contributed by atoms with Crippen molar-refractivity contribution in [2.75, 3.05) is 13.2 Å². The highest BCUT2D eigenvalue weighted by Crippen LogP contribution is 2.40. The largest absolute Gasteiger partial charge is 0.463 e. The van der Waals surface area contributed by atoms with Crippen LogP contribution >= 0.6 is 0 Å². The molecule has 5 rings (SSSR count). The quantitative estimate of drug-likeness (QED) is 0.0520. The fourth-order valence-electron chi connectivity index (χ4n) is 11.0. The fourth-order valence-corrected chi connectivity index (χ4v) is 11.0. The first-order chi connectivity index (χ1) is 27.3. The molecular formula is C48H76O8. The van der Waals surface area contributed by atoms with E-state index in [0.29, 0.717) is 25.0 Å². The maximum atomic E-state index is 13.4. The Morgan fingerprint density at radius 2 is 0.696 bits per heavy atom. The molecule has 0 bridgehead atoms. The molecule has 0 amide bonds. The van der Waals surface area contributed by atoms with Gasteiger partial charge in [0, 0.05) is 12.2 Å². The van der Waals surface area contributed by atoms with Crippen LogP contribution in [0.3, 0.4) is 0 Å². The lowest BCUT2D eigenvalue weighted by Gasteiger charge is -2.35. The van der Waals surface area contributed by atoms with Crippen LogP contribution in [0.15, 0.2) is 25.3 Å². The average Bonchev–Trinajstić information content (AvgIpc) is 3.24. The Morgan fingerprint density at radius 1 is 0.411 bits per heavy atom. The van der Waals surface area contributed by atoms with Gasteiger partial charge in [-0.2, -0.15) is 0 Å². The lowest BCUT2D eigenvalue weighted by atomic mass is 9.75. The van der Waals surface area contributed by atoms with E-state index in [9.17, 15) is 19.2 Å². The zero-order chi connectivity index (χ0) is 39.5. The van der Waals surface area contributed by atoms with Crippen LogP contribution < -0.4 is 0 Å². The summed E-state index contributed by atoms with van der Waals surface area (Å²) in [7, 11) is 0. The van der Waals surface area contributed by atoms with E-state index in [1.807, 2.05) is 0 Å². The van der Waals surface area contributed by atoms with E-state index in [1.165, 1.54) is 89.2 Å². The minimum Gasteiger partial charge on any atom is -0.463 e. The zero-order valence-electron chi connectivity index (χ0n) is 34.8. The minimum absolute atomic E-state index is 0.0170. The SMILES string of the molecule is C=CC(=O)OCCC[C@H]1CC[C@H](CCC2CCC(C(=O)O[C@@H]3CCCC[C@H]3OC(=O)C3CCC(CC[C@H]4CC[C@H](CCCOC(=O)C=C)CC4)CC3)CC2)CC1. The lowest BCUT2D eigenvalue weighted by molar-refractivity contribution is -0.178. The summed E-state index contributed by atoms with van der Waals surface area (Å²) in [6.45, 7) is 7.91. The van der Waals surface area contributed by atoms with Crippen molar-refractivity contribution < 1.29 is 38.1 Å². The molecule has 0 spiro atoms. The Balaban J connectivity index is 0.905. The van der Waals surface area contributed by atoms with Crippen molar-refractivity contribution in [3.8, 4) is 0 Å². The van der Waals surface area contributed by atoms with Gasteiger partial charge in [-0.25, -0.2) is 9.59 Å². The highest BCUT2D eigenvalue weighted by atomic mass is 16.6. The van der Waals surface area contributed by atoms with Crippen molar-refractivity contribution >= 4 is 23.9 Å². The van der Waals surface area contributed by atoms with Gasteiger partial charge in [-0.3, -0.25) is 9.59 Å². The van der Waals surface area contributed by atoms with E-state index in [0.717, 1.165) is 126 Å². The lowest BCUT2D eigenvalue weighted by Crippen LogP contribution is -2.41. The molecule has 0 saturated heterocycles. The van der Waals surface area contributed by atoms with E-state index in [2.05, 4.69) is 13.2 Å². The van der Waals surface area contributed by atoms with Gasteiger partial charge in [-0.05, 0) is 138 Å². The van der Waals surface area contributed by atoms with Gasteiger partial charge in [0.1, 0.15) is 12.2 Å². The molecule has 0 unspecified atom stereocenters. The molecule has 8 nitrogen and oxygen atoms in total. The highest BCUT2D eigenvalue weighted by Gasteiger charge is 2.37. The smallest absolute Gasteiger partial charge is 0.330 e. The van der Waals surface area contributed by atoms with Gasteiger partial charge in [-0.15, -0.1) is 0 Å². The number of carbonyl (C=O) groups excluding carboxylic acids is 4. The molecule has 2 atom stereocenters. The molecule has 5 fully saturated rings. The maximum Gasteiger partial charge on any atom is 0.330 e. The van der Waals surface area contributed by atoms with Crippen LogP contribution in [0.25, 0.3) is 0 Å². The summed E-state index contributed by atoms with van der Waals surface area (Å²) < 4.78 is 22.6. The van der Waals surface area contributed by atoms with Gasteiger partial charge in [0.25, 0.3) is 0 Å². The number of carbonyl (C=O) groups is 4. The second kappa shape index (κ2) is 24.3. The molecule has 0 heterocycles. The van der Waals surface area contributed by atoms with Crippen LogP contribution in [-0.2, 0) is 38.1 Å². The van der Waals surface area contributed by atoms with Crippen LogP contribution in [0.2, 0.25) is 0 Å². The summed E-state index contributed by atoms with van der Waals surface area (Å²) in [4.78, 5) is 49.2. The highest BCUT2D eigenvalue weighted by molar-refractivity contribution is 5.81. The van der Waals surface area contributed by atoms with Gasteiger partial charge < -0.3 is 18.9 Å². The third-order valence-electron chi connectivity index (χ3n) is 14.8. The summed E-state index contributed by atoms with van der Waals surface area (Å²) in [5, 5.41) is 0. The average molecular weight is 781 g/mol. The molecule has 0 aromatic heterocycles. The minimum atomic E-state index is -0.323. The summed E-state index contributed by atoms with van der Waals surface area (Å²) in [6.07, 6.45) is 33.4. The predicted molar refractivity (Wildman–Crippen MR) is 219 cm³/mol. The third-order valence-corrected chi connectivity index (χ3v) is 14.8. The molecule has 0 aromatic rings. The summed E-state index contributed by atoms with van der Waals surface area (Å²) in [5.41, 5.74) is 0. The van der Waals surface area contributed by atoms with Crippen LogP contribution in [0, 0.1) is 47.3 Å². The summed E-state index contributed by atoms with van der Waals surface area (Å²) in [6, 6.07) is 0. The third kappa shape index (κ3) is 15.3. The number of hydrogen-bond donors (Lipinski definition) is 0. The molecule has 5 saturated carbocycles. The first-order valence-corrected chi connectivity index (χ1v) is 23.3. The van der Waals surface area contributed by atoms with Crippen LogP contribution in [0.1, 0.15) is 180 Å². The summed E-state index contributed by atoms with van der Waals surface area (Å²) >= 11 is 0. The van der Waals surface area contributed by atoms with Gasteiger partial charge in [0.2, 0.25) is 0 Å². The van der Waals surface area contributed by atoms with Gasteiger partial charge in [-0.1, -0.05) is 90.2 Å². The van der Waals surface area contributed by atoms with Gasteiger partial charge in [0.05, 0.1) is 25.0 Å². The predicted octanol–water partition coefficient (Wildman–Crippen LogP) is 11.2. The normalized spacial score (nSPS) is 32.4. The van der Waals surface area contributed by atoms with Crippen molar-refractivity contribution in [3.63, 3.8) is 0 Å². The van der Waals surface area contributed by atoms with Crippen LogP contribution in [-0.4, -0.2) is 49.3 Å². The van der Waals surface area contributed by atoms with E-state index in [4.69, 9.17) is 18.9 Å². The molecule has 316 valence electrons. The Hall–Kier alpha value is -2.64. The number of esters is 4. The van der Waals surface area contributed by atoms with Crippen molar-refractivity contribution in [2.45, 2.75) is 192 Å². The molecule has 0 aromatic carbocycles. The molecule has 56 heavy (non-hydrogen) atoms. The Bertz CT molecular complexity index is 1120. The monoisotopic (exact) mass is 781 g/mol. The Labute approximate surface area is 339 Å². The molecule has 5 aliphatic carbocycles. The Morgan fingerprint density at radius 3 is 1.00 bits per heavy atom. The molecule has 0 aliphatic heterocycles. The van der Waals surface area contributed by atoms with Gasteiger partial charge in [0.15, 0.2) is 0 Å². The first kappa shape index (κ1) is 44.5. The Kier molecular flexibility index (Phi) is 19.3. The van der Waals surface area contributed by atoms with Crippen LogP contribution in [0.5, 0.6) is 0 Å². The topological polar surface area (TPSA) is 105 Å². The molecule has 8 heteroatoms. The fraction of sp³-hybridized carbons (Fsp3) is 0.833. The molecular weight excluding hydrogens is 705 g/mol. The van der Waals surface area contributed by atoms with Crippen molar-refractivity contribution in [1.29, 1.82) is 0 Å². The van der Waals surface area contributed by atoms with Crippen LogP contribution in [0.4, 0.5) is 0 Å². The van der Waals surface area contributed by atoms with E-state index >= 15 is 0 Å². The van der Waals surface area contributed by atoms with E-state index in [-0.39, 0.29) is 47.9 Å². The van der Waals surface area contributed by atoms with Crippen molar-refractivity contribution in [3.05, 3.63) is 25.3 Å². The second-order valence-electron chi connectivity index (χ2n) is 18.6. The number of rotatable bonds is 20. The van der Waals surface area contributed by atoms with E-state index in [1.54, 1.807) is 0 Å². The van der Waals surface area contributed by atoms with Gasteiger partial charge >= 0.3 is 23.9 Å². The first-order valence-electron chi connectivity index (χ1n) is 23.3. The van der Waals surface area contributed by atoms with E-state index < -0.39 is 0 Å². The molecule has 0 radical (unpaired) electrons. The number of ether oxygens (including phenoxy) is 4. The summed E-state index contributed by atoms with van der Waals surface area (Å²) in [5.74, 6) is 3.82. The van der Waals surface area contributed by atoms with Crippen molar-refractivity contribution in [1.82, 2.24) is 0 Å². The zero-order valence-corrected chi connectivity index (χ0v) is 34.8. The molecule has 0 N–H and O–H groups in total. The second-order valence-corrected chi connectivity index (χ2v) is 18.6. The molecule has 5 aliphatic rings. The standard InChI is InChI=1S/C48H76O8/c1-3-45(49)53-33-7-9-35-13-17-37(18-14-35)21-23-39-25-29-41(30-26-39)47(51)55-43-11-5-6-12-44(43)56-48(52)42-31-27-40(28-32-42)24-22-38-19-15-36(16-20-38)10-8-34-54-46(50)4-2/h3-4,35-44H,1-2,5-34H2/t35-,36-,37-,38-,39?,40?,41?,42?,43-,44-/m1/s1. The maximum absolute atomic E-state index is 13.4. The number of hydrogen-bond acceptors (Lipinski definition) is 8. The van der Waals surface area contributed by atoms with Crippen molar-refractivity contribution in [2.24, 2.45) is 47.3 Å².